The Morgan fingerprint density at radius 1 is 1.32 bits per heavy atom. The molecule has 0 aliphatic carbocycles. The molecule has 0 fully saturated rings. The molecule has 0 aliphatic rings. The number of nitrogens with one attached hydrogen (secondary N) is 1. The van der Waals surface area contributed by atoms with Gasteiger partial charge in [0.1, 0.15) is 12.1 Å². The maximum Gasteiger partial charge on any atom is 0.326 e. The molecule has 0 aromatic heterocycles. The van der Waals surface area contributed by atoms with Crippen LogP contribution < -0.4 is 5.32 Å². The molecule has 0 unspecified atom stereocenters. The van der Waals surface area contributed by atoms with Gasteiger partial charge in [0.25, 0.3) is 0 Å². The number of hydrogen-bond acceptors (Lipinski definition) is 4. The lowest BCUT2D eigenvalue weighted by molar-refractivity contribution is -0.143. The molecule has 2 atom stereocenters. The Balaban J connectivity index is 4.23. The standard InChI is InChI=1S/C13H22N2O4/c1-9(2)8-11(16)12(17)15-10(13(18)19)6-4-3-5-7-14/h9-11,16H,3-6,8H2,1-2H3,(H,15,17)(H,18,19)/t10-,11-/m0/s1. The molecule has 0 heterocycles. The third-order valence-corrected chi connectivity index (χ3v) is 2.64. The van der Waals surface area contributed by atoms with Gasteiger partial charge in [0.2, 0.25) is 5.91 Å². The molecule has 19 heavy (non-hydrogen) atoms. The third kappa shape index (κ3) is 8.16. The SMILES string of the molecule is CC(C)C[C@H](O)C(=O)N[C@@H](CCCCC#N)C(=O)O. The Morgan fingerprint density at radius 2 is 1.95 bits per heavy atom. The molecule has 6 nitrogen and oxygen atoms in total. The number of rotatable bonds is 9. The number of aliphatic carboxylic acids is 1. The predicted octanol–water partition coefficient (Wildman–Crippen LogP) is 1.05. The molecule has 6 heteroatoms. The number of carbonyl (C=O) groups excluding carboxylic acids is 1. The van der Waals surface area contributed by atoms with Gasteiger partial charge in [-0.3, -0.25) is 4.79 Å². The maximum absolute atomic E-state index is 11.6. The highest BCUT2D eigenvalue weighted by Crippen LogP contribution is 2.07. The van der Waals surface area contributed by atoms with Crippen molar-refractivity contribution in [1.82, 2.24) is 5.32 Å². The summed E-state index contributed by atoms with van der Waals surface area (Å²) in [6, 6.07) is 0.970. The van der Waals surface area contributed by atoms with Gasteiger partial charge in [-0.2, -0.15) is 5.26 Å². The largest absolute Gasteiger partial charge is 0.480 e. The maximum atomic E-state index is 11.6. The number of carboxylic acid groups (broad SMARTS) is 1. The Morgan fingerprint density at radius 3 is 2.42 bits per heavy atom. The third-order valence-electron chi connectivity index (χ3n) is 2.64. The van der Waals surface area contributed by atoms with Gasteiger partial charge in [-0.1, -0.05) is 13.8 Å². The van der Waals surface area contributed by atoms with Gasteiger partial charge in [0.15, 0.2) is 0 Å². The highest BCUT2D eigenvalue weighted by atomic mass is 16.4. The Hall–Kier alpha value is -1.61. The van der Waals surface area contributed by atoms with Crippen molar-refractivity contribution >= 4 is 11.9 Å². The Bertz CT molecular complexity index is 336. The van der Waals surface area contributed by atoms with E-state index < -0.39 is 24.0 Å². The van der Waals surface area contributed by atoms with Gasteiger partial charge in [-0.25, -0.2) is 4.79 Å². The van der Waals surface area contributed by atoms with E-state index in [0.717, 1.165) is 0 Å². The first kappa shape index (κ1) is 17.4. The highest BCUT2D eigenvalue weighted by molar-refractivity contribution is 5.86. The predicted molar refractivity (Wildman–Crippen MR) is 69.1 cm³/mol. The van der Waals surface area contributed by atoms with Crippen LogP contribution >= 0.6 is 0 Å². The van der Waals surface area contributed by atoms with Crippen LogP contribution in [-0.2, 0) is 9.59 Å². The number of hydrogen-bond donors (Lipinski definition) is 3. The number of unbranched alkanes of at least 4 members (excludes halogenated alkanes) is 2. The summed E-state index contributed by atoms with van der Waals surface area (Å²) in [6.45, 7) is 3.74. The van der Waals surface area contributed by atoms with Crippen LogP contribution in [0.1, 0.15) is 46.0 Å². The minimum atomic E-state index is -1.18. The van der Waals surface area contributed by atoms with E-state index in [1.165, 1.54) is 0 Å². The number of nitrogens with zero attached hydrogens (tertiary/aromatic N) is 1. The smallest absolute Gasteiger partial charge is 0.326 e. The van der Waals surface area contributed by atoms with E-state index in [1.54, 1.807) is 0 Å². The van der Waals surface area contributed by atoms with Crippen LogP contribution in [0.15, 0.2) is 0 Å². The molecular weight excluding hydrogens is 248 g/mol. The quantitative estimate of drug-likeness (QED) is 0.542. The van der Waals surface area contributed by atoms with Gasteiger partial charge in [0, 0.05) is 6.42 Å². The fourth-order valence-corrected chi connectivity index (χ4v) is 1.63. The Labute approximate surface area is 113 Å². The summed E-state index contributed by atoms with van der Waals surface area (Å²) in [5.41, 5.74) is 0. The van der Waals surface area contributed by atoms with Crippen LogP contribution in [-0.4, -0.2) is 34.2 Å². The van der Waals surface area contributed by atoms with E-state index >= 15 is 0 Å². The first-order chi connectivity index (χ1) is 8.88. The summed E-state index contributed by atoms with van der Waals surface area (Å²) in [5.74, 6) is -1.62. The molecule has 0 aromatic carbocycles. The summed E-state index contributed by atoms with van der Waals surface area (Å²) >= 11 is 0. The summed E-state index contributed by atoms with van der Waals surface area (Å²) in [5, 5.41) is 29.3. The van der Waals surface area contributed by atoms with Gasteiger partial charge in [0.05, 0.1) is 6.07 Å². The molecule has 0 saturated carbocycles. The summed E-state index contributed by atoms with van der Waals surface area (Å²) in [4.78, 5) is 22.6. The molecule has 0 saturated heterocycles. The Kier molecular flexibility index (Phi) is 8.55. The number of carboxylic acids is 1. The molecule has 3 N–H and O–H groups in total. The van der Waals surface area contributed by atoms with Gasteiger partial charge in [-0.05, 0) is 31.6 Å². The van der Waals surface area contributed by atoms with Crippen molar-refractivity contribution in [3.63, 3.8) is 0 Å². The van der Waals surface area contributed by atoms with Crippen LogP contribution in [0.25, 0.3) is 0 Å². The van der Waals surface area contributed by atoms with Crippen molar-refractivity contribution in [3.05, 3.63) is 0 Å². The second-order valence-electron chi connectivity index (χ2n) is 4.95. The number of nitriles is 1. The summed E-state index contributed by atoms with van der Waals surface area (Å²) in [6.07, 6.45) is 0.899. The first-order valence-corrected chi connectivity index (χ1v) is 6.46. The van der Waals surface area contributed by atoms with Crippen LogP contribution in [0.3, 0.4) is 0 Å². The summed E-state index contributed by atoms with van der Waals surface area (Å²) in [7, 11) is 0. The lowest BCUT2D eigenvalue weighted by Gasteiger charge is -2.18. The van der Waals surface area contributed by atoms with Crippen LogP contribution in [0, 0.1) is 17.2 Å². The fraction of sp³-hybridized carbons (Fsp3) is 0.769. The normalized spacial score (nSPS) is 13.6. The van der Waals surface area contributed by atoms with Gasteiger partial charge >= 0.3 is 5.97 Å². The monoisotopic (exact) mass is 270 g/mol. The number of amides is 1. The zero-order chi connectivity index (χ0) is 14.8. The molecular formula is C13H22N2O4. The number of carbonyl (C=O) groups is 2. The van der Waals surface area contributed by atoms with Crippen molar-refractivity contribution in [2.75, 3.05) is 0 Å². The van der Waals surface area contributed by atoms with Crippen molar-refractivity contribution in [3.8, 4) is 6.07 Å². The van der Waals surface area contributed by atoms with E-state index in [9.17, 15) is 14.7 Å². The molecule has 0 rings (SSSR count). The molecule has 0 radical (unpaired) electrons. The van der Waals surface area contributed by atoms with E-state index in [1.807, 2.05) is 19.9 Å². The zero-order valence-electron chi connectivity index (χ0n) is 11.4. The van der Waals surface area contributed by atoms with Crippen molar-refractivity contribution in [2.24, 2.45) is 5.92 Å². The van der Waals surface area contributed by atoms with Crippen molar-refractivity contribution in [1.29, 1.82) is 5.26 Å². The van der Waals surface area contributed by atoms with Crippen LogP contribution in [0.4, 0.5) is 0 Å². The molecule has 0 aromatic rings. The fourth-order valence-electron chi connectivity index (χ4n) is 1.63. The van der Waals surface area contributed by atoms with E-state index in [-0.39, 0.29) is 12.3 Å². The summed E-state index contributed by atoms with van der Waals surface area (Å²) < 4.78 is 0. The minimum absolute atomic E-state index is 0.152. The van der Waals surface area contributed by atoms with Gasteiger partial charge in [-0.15, -0.1) is 0 Å². The second-order valence-corrected chi connectivity index (χ2v) is 4.95. The first-order valence-electron chi connectivity index (χ1n) is 6.46. The topological polar surface area (TPSA) is 110 Å². The number of aliphatic hydroxyl groups is 1. The van der Waals surface area contributed by atoms with E-state index in [2.05, 4.69) is 5.32 Å². The second kappa shape index (κ2) is 9.34. The minimum Gasteiger partial charge on any atom is -0.480 e. The lowest BCUT2D eigenvalue weighted by Crippen LogP contribution is -2.45. The molecule has 108 valence electrons. The van der Waals surface area contributed by atoms with Crippen LogP contribution in [0.5, 0.6) is 0 Å². The molecule has 0 aliphatic heterocycles. The van der Waals surface area contributed by atoms with Crippen molar-refractivity contribution < 1.29 is 19.8 Å². The molecule has 1 amide bonds. The van der Waals surface area contributed by atoms with Gasteiger partial charge < -0.3 is 15.5 Å². The highest BCUT2D eigenvalue weighted by Gasteiger charge is 2.23. The average molecular weight is 270 g/mol. The average Bonchev–Trinajstić information content (AvgIpc) is 2.31. The van der Waals surface area contributed by atoms with E-state index in [4.69, 9.17) is 10.4 Å². The van der Waals surface area contributed by atoms with Crippen LogP contribution in [0.2, 0.25) is 0 Å². The lowest BCUT2D eigenvalue weighted by atomic mass is 10.0. The molecule has 0 spiro atoms. The zero-order valence-corrected chi connectivity index (χ0v) is 11.4. The van der Waals surface area contributed by atoms with Crippen molar-refractivity contribution in [2.45, 2.75) is 58.1 Å². The molecule has 0 bridgehead atoms. The number of aliphatic hydroxyl groups excluding tert-OH is 1. The van der Waals surface area contributed by atoms with E-state index in [0.29, 0.717) is 25.7 Å².